The number of rotatable bonds is 3. The topological polar surface area (TPSA) is 29.9 Å². The lowest BCUT2D eigenvalue weighted by atomic mass is 10.0. The molecule has 108 valence electrons. The molecule has 2 rings (SSSR count). The van der Waals surface area contributed by atoms with Crippen LogP contribution in [0, 0.1) is 0 Å². The van der Waals surface area contributed by atoms with Gasteiger partial charge in [0.1, 0.15) is 5.82 Å². The summed E-state index contributed by atoms with van der Waals surface area (Å²) in [5.74, 6) is 0.646. The van der Waals surface area contributed by atoms with Gasteiger partial charge in [0.2, 0.25) is 0 Å². The fourth-order valence-corrected chi connectivity index (χ4v) is 2.50. The third-order valence-corrected chi connectivity index (χ3v) is 3.76. The summed E-state index contributed by atoms with van der Waals surface area (Å²) in [6, 6.07) is 3.18. The molecule has 7 heteroatoms. The molecular formula is C13H13BrF3N3. The van der Waals surface area contributed by atoms with Gasteiger partial charge in [-0.2, -0.15) is 13.2 Å². The minimum absolute atomic E-state index is 0.424. The Morgan fingerprint density at radius 3 is 2.55 bits per heavy atom. The van der Waals surface area contributed by atoms with E-state index in [-0.39, 0.29) is 0 Å². The molecule has 1 unspecified atom stereocenters. The predicted octanol–water partition coefficient (Wildman–Crippen LogP) is 3.51. The first-order valence-corrected chi connectivity index (χ1v) is 6.65. The highest BCUT2D eigenvalue weighted by atomic mass is 79.9. The van der Waals surface area contributed by atoms with E-state index in [4.69, 9.17) is 0 Å². The van der Waals surface area contributed by atoms with E-state index in [1.807, 2.05) is 0 Å². The van der Waals surface area contributed by atoms with E-state index in [9.17, 15) is 13.2 Å². The van der Waals surface area contributed by atoms with E-state index >= 15 is 0 Å². The van der Waals surface area contributed by atoms with Gasteiger partial charge in [-0.1, -0.05) is 15.9 Å². The fourth-order valence-electron chi connectivity index (χ4n) is 2.02. The average molecular weight is 348 g/mol. The number of nitrogens with one attached hydrogen (secondary N) is 1. The smallest absolute Gasteiger partial charge is 0.336 e. The Balaban J connectivity index is 2.52. The maximum atomic E-state index is 12.8. The highest BCUT2D eigenvalue weighted by Gasteiger charge is 2.32. The van der Waals surface area contributed by atoms with E-state index in [0.717, 1.165) is 12.1 Å². The van der Waals surface area contributed by atoms with Gasteiger partial charge in [-0.05, 0) is 30.8 Å². The van der Waals surface area contributed by atoms with Crippen LogP contribution in [-0.2, 0) is 13.2 Å². The van der Waals surface area contributed by atoms with Crippen LogP contribution in [0.3, 0.4) is 0 Å². The van der Waals surface area contributed by atoms with E-state index in [1.165, 1.54) is 6.07 Å². The van der Waals surface area contributed by atoms with Crippen molar-refractivity contribution in [3.8, 4) is 0 Å². The van der Waals surface area contributed by atoms with Gasteiger partial charge in [0.15, 0.2) is 0 Å². The van der Waals surface area contributed by atoms with Crippen molar-refractivity contribution in [2.24, 2.45) is 7.05 Å². The lowest BCUT2D eigenvalue weighted by molar-refractivity contribution is -0.137. The molecule has 1 heterocycles. The number of aromatic nitrogens is 2. The fraction of sp³-hybridized carbons (Fsp3) is 0.308. The van der Waals surface area contributed by atoms with Gasteiger partial charge >= 0.3 is 6.18 Å². The number of alkyl halides is 3. The largest absolute Gasteiger partial charge is 0.416 e. The first-order chi connectivity index (χ1) is 9.34. The van der Waals surface area contributed by atoms with E-state index < -0.39 is 17.8 Å². The van der Waals surface area contributed by atoms with Crippen LogP contribution < -0.4 is 5.32 Å². The van der Waals surface area contributed by atoms with Gasteiger partial charge in [-0.25, -0.2) is 4.98 Å². The van der Waals surface area contributed by atoms with Crippen LogP contribution in [0.1, 0.15) is 23.0 Å². The molecule has 20 heavy (non-hydrogen) atoms. The van der Waals surface area contributed by atoms with Crippen molar-refractivity contribution < 1.29 is 13.2 Å². The van der Waals surface area contributed by atoms with Crippen LogP contribution in [0.25, 0.3) is 0 Å². The Bertz CT molecular complexity index is 607. The SMILES string of the molecule is CNC(c1cc(C(F)(F)F)ccc1Br)c1nccn1C. The normalized spacial score (nSPS) is 13.5. The molecule has 0 aliphatic carbocycles. The molecule has 0 bridgehead atoms. The Morgan fingerprint density at radius 1 is 1.35 bits per heavy atom. The van der Waals surface area contributed by atoms with Crippen molar-refractivity contribution in [2.75, 3.05) is 7.05 Å². The number of benzene rings is 1. The Labute approximate surface area is 123 Å². The Kier molecular flexibility index (Phi) is 4.19. The zero-order chi connectivity index (χ0) is 14.9. The predicted molar refractivity (Wildman–Crippen MR) is 73.3 cm³/mol. The molecule has 1 aromatic carbocycles. The van der Waals surface area contributed by atoms with Crippen LogP contribution in [0.5, 0.6) is 0 Å². The molecule has 2 aromatic rings. The summed E-state index contributed by atoms with van der Waals surface area (Å²) in [7, 11) is 3.49. The molecule has 0 aliphatic heterocycles. The molecule has 1 N–H and O–H groups in total. The Morgan fingerprint density at radius 2 is 2.05 bits per heavy atom. The molecule has 0 fully saturated rings. The molecule has 0 aliphatic rings. The van der Waals surface area contributed by atoms with Crippen molar-refractivity contribution in [3.63, 3.8) is 0 Å². The summed E-state index contributed by atoms with van der Waals surface area (Å²) in [5, 5.41) is 3.00. The lowest BCUT2D eigenvalue weighted by Gasteiger charge is -2.19. The molecule has 0 spiro atoms. The van der Waals surface area contributed by atoms with Gasteiger partial charge in [-0.15, -0.1) is 0 Å². The number of aryl methyl sites for hydroxylation is 1. The molecule has 0 saturated heterocycles. The van der Waals surface area contributed by atoms with Gasteiger partial charge < -0.3 is 9.88 Å². The highest BCUT2D eigenvalue weighted by Crippen LogP contribution is 2.35. The monoisotopic (exact) mass is 347 g/mol. The van der Waals surface area contributed by atoms with Crippen LogP contribution in [0.4, 0.5) is 13.2 Å². The average Bonchev–Trinajstić information content (AvgIpc) is 2.78. The summed E-state index contributed by atoms with van der Waals surface area (Å²) in [5.41, 5.74) is -0.179. The third-order valence-electron chi connectivity index (χ3n) is 3.04. The molecule has 0 amide bonds. The molecule has 0 radical (unpaired) electrons. The number of halogens is 4. The highest BCUT2D eigenvalue weighted by molar-refractivity contribution is 9.10. The zero-order valence-corrected chi connectivity index (χ0v) is 12.5. The number of hydrogen-bond acceptors (Lipinski definition) is 2. The van der Waals surface area contributed by atoms with Crippen molar-refractivity contribution in [1.29, 1.82) is 0 Å². The number of nitrogens with zero attached hydrogens (tertiary/aromatic N) is 2. The number of hydrogen-bond donors (Lipinski definition) is 1. The Hall–Kier alpha value is -1.34. The van der Waals surface area contributed by atoms with Crippen molar-refractivity contribution in [1.82, 2.24) is 14.9 Å². The second-order valence-electron chi connectivity index (χ2n) is 4.35. The second-order valence-corrected chi connectivity index (χ2v) is 5.21. The first-order valence-electron chi connectivity index (χ1n) is 5.85. The quantitative estimate of drug-likeness (QED) is 0.920. The lowest BCUT2D eigenvalue weighted by Crippen LogP contribution is -2.22. The number of imidazole rings is 1. The van der Waals surface area contributed by atoms with Gasteiger partial charge in [0.25, 0.3) is 0 Å². The van der Waals surface area contributed by atoms with Crippen molar-refractivity contribution in [3.05, 3.63) is 52.0 Å². The van der Waals surface area contributed by atoms with Crippen molar-refractivity contribution >= 4 is 15.9 Å². The molecule has 1 atom stereocenters. The molecule has 0 saturated carbocycles. The minimum Gasteiger partial charge on any atom is -0.336 e. The summed E-state index contributed by atoms with van der Waals surface area (Å²) < 4.78 is 40.9. The summed E-state index contributed by atoms with van der Waals surface area (Å²) in [6.45, 7) is 0. The van der Waals surface area contributed by atoms with Crippen LogP contribution in [0.15, 0.2) is 35.1 Å². The second kappa shape index (κ2) is 5.57. The molecule has 1 aromatic heterocycles. The van der Waals surface area contributed by atoms with Crippen molar-refractivity contribution in [2.45, 2.75) is 12.2 Å². The van der Waals surface area contributed by atoms with E-state index in [0.29, 0.717) is 15.9 Å². The molecular weight excluding hydrogens is 335 g/mol. The van der Waals surface area contributed by atoms with E-state index in [1.54, 1.807) is 31.1 Å². The third kappa shape index (κ3) is 2.88. The van der Waals surface area contributed by atoms with Crippen LogP contribution >= 0.6 is 15.9 Å². The molecule has 3 nitrogen and oxygen atoms in total. The van der Waals surface area contributed by atoms with Gasteiger partial charge in [-0.3, -0.25) is 0 Å². The first kappa shape index (κ1) is 15.1. The van der Waals surface area contributed by atoms with Crippen LogP contribution in [0.2, 0.25) is 0 Å². The summed E-state index contributed by atoms with van der Waals surface area (Å²) in [6.07, 6.45) is -1.00. The maximum absolute atomic E-state index is 12.8. The van der Waals surface area contributed by atoms with Crippen LogP contribution in [-0.4, -0.2) is 16.6 Å². The summed E-state index contributed by atoms with van der Waals surface area (Å²) in [4.78, 5) is 4.19. The standard InChI is InChI=1S/C13H13BrF3N3/c1-18-11(12-19-5-6-20(12)2)9-7-8(13(15,16)17)3-4-10(9)14/h3-7,11,18H,1-2H3. The minimum atomic E-state index is -4.37. The van der Waals surface area contributed by atoms with Gasteiger partial charge in [0.05, 0.1) is 11.6 Å². The summed E-state index contributed by atoms with van der Waals surface area (Å²) >= 11 is 3.30. The maximum Gasteiger partial charge on any atom is 0.416 e. The van der Waals surface area contributed by atoms with E-state index in [2.05, 4.69) is 26.2 Å². The zero-order valence-electron chi connectivity index (χ0n) is 10.9. The van der Waals surface area contributed by atoms with Gasteiger partial charge in [0, 0.05) is 23.9 Å².